The van der Waals surface area contributed by atoms with Crippen LogP contribution in [0.5, 0.6) is 5.75 Å². The van der Waals surface area contributed by atoms with Crippen molar-refractivity contribution in [2.24, 2.45) is 0 Å². The van der Waals surface area contributed by atoms with E-state index in [2.05, 4.69) is 22.1 Å². The first kappa shape index (κ1) is 17.0. The number of methoxy groups -OCH3 is 1. The number of anilines is 1. The lowest BCUT2D eigenvalue weighted by molar-refractivity contribution is -0.117. The maximum absolute atomic E-state index is 12.3. The Balaban J connectivity index is 1.97. The van der Waals surface area contributed by atoms with Gasteiger partial charge in [0.15, 0.2) is 0 Å². The lowest BCUT2D eigenvalue weighted by Gasteiger charge is -2.21. The summed E-state index contributed by atoms with van der Waals surface area (Å²) in [5, 5.41) is 2.91. The molecule has 1 heterocycles. The maximum atomic E-state index is 12.3. The van der Waals surface area contributed by atoms with Crippen molar-refractivity contribution in [1.29, 1.82) is 0 Å². The SMILES string of the molecule is CCCN(CC(=O)Nc1ccccc1OC)Cc1ccccn1. The first-order valence-electron chi connectivity index (χ1n) is 7.78. The van der Waals surface area contributed by atoms with Gasteiger partial charge in [-0.3, -0.25) is 14.7 Å². The van der Waals surface area contributed by atoms with Crippen LogP contribution in [-0.2, 0) is 11.3 Å². The summed E-state index contributed by atoms with van der Waals surface area (Å²) in [7, 11) is 1.59. The van der Waals surface area contributed by atoms with Crippen LogP contribution in [0.1, 0.15) is 19.0 Å². The molecule has 0 spiro atoms. The van der Waals surface area contributed by atoms with Gasteiger partial charge in [0.05, 0.1) is 25.0 Å². The van der Waals surface area contributed by atoms with Crippen molar-refractivity contribution < 1.29 is 9.53 Å². The van der Waals surface area contributed by atoms with Gasteiger partial charge in [-0.05, 0) is 37.2 Å². The number of pyridine rings is 1. The van der Waals surface area contributed by atoms with E-state index in [9.17, 15) is 4.79 Å². The highest BCUT2D eigenvalue weighted by Gasteiger charge is 2.13. The van der Waals surface area contributed by atoms with Gasteiger partial charge < -0.3 is 10.1 Å². The van der Waals surface area contributed by atoms with Gasteiger partial charge in [0.2, 0.25) is 5.91 Å². The molecule has 0 aliphatic carbocycles. The summed E-state index contributed by atoms with van der Waals surface area (Å²) in [6.45, 7) is 3.93. The second-order valence-electron chi connectivity index (χ2n) is 5.28. The van der Waals surface area contributed by atoms with Crippen LogP contribution < -0.4 is 10.1 Å². The second-order valence-corrected chi connectivity index (χ2v) is 5.28. The lowest BCUT2D eigenvalue weighted by Crippen LogP contribution is -2.33. The lowest BCUT2D eigenvalue weighted by atomic mass is 10.2. The number of nitrogens with zero attached hydrogens (tertiary/aromatic N) is 2. The van der Waals surface area contributed by atoms with Crippen molar-refractivity contribution in [3.8, 4) is 5.75 Å². The average molecular weight is 313 g/mol. The zero-order chi connectivity index (χ0) is 16.5. The van der Waals surface area contributed by atoms with Gasteiger partial charge in [0.1, 0.15) is 5.75 Å². The number of aromatic nitrogens is 1. The highest BCUT2D eigenvalue weighted by molar-refractivity contribution is 5.93. The summed E-state index contributed by atoms with van der Waals surface area (Å²) < 4.78 is 5.26. The minimum Gasteiger partial charge on any atom is -0.495 e. The number of benzene rings is 1. The maximum Gasteiger partial charge on any atom is 0.238 e. The number of carbonyl (C=O) groups is 1. The van der Waals surface area contributed by atoms with Gasteiger partial charge in [0.25, 0.3) is 0 Å². The minimum absolute atomic E-state index is 0.0566. The molecule has 5 nitrogen and oxygen atoms in total. The van der Waals surface area contributed by atoms with E-state index in [0.29, 0.717) is 24.5 Å². The molecule has 0 saturated carbocycles. The Morgan fingerprint density at radius 3 is 2.70 bits per heavy atom. The molecular formula is C18H23N3O2. The first-order chi connectivity index (χ1) is 11.2. The number of rotatable bonds is 8. The number of carbonyl (C=O) groups excluding carboxylic acids is 1. The molecule has 0 radical (unpaired) electrons. The summed E-state index contributed by atoms with van der Waals surface area (Å²) in [5.41, 5.74) is 1.65. The van der Waals surface area contributed by atoms with E-state index in [1.165, 1.54) is 0 Å². The Hall–Kier alpha value is -2.40. The van der Waals surface area contributed by atoms with Crippen LogP contribution >= 0.6 is 0 Å². The molecular weight excluding hydrogens is 290 g/mol. The monoisotopic (exact) mass is 313 g/mol. The van der Waals surface area contributed by atoms with E-state index in [1.807, 2.05) is 42.5 Å². The Bertz CT molecular complexity index is 617. The van der Waals surface area contributed by atoms with Gasteiger partial charge in [-0.15, -0.1) is 0 Å². The molecule has 0 bridgehead atoms. The number of nitrogens with one attached hydrogen (secondary N) is 1. The van der Waals surface area contributed by atoms with Crippen LogP contribution in [0.4, 0.5) is 5.69 Å². The van der Waals surface area contributed by atoms with Crippen molar-refractivity contribution in [1.82, 2.24) is 9.88 Å². The fourth-order valence-electron chi connectivity index (χ4n) is 2.39. The largest absolute Gasteiger partial charge is 0.495 e. The summed E-state index contributed by atoms with van der Waals surface area (Å²) in [6, 6.07) is 13.2. The molecule has 0 atom stereocenters. The van der Waals surface area contributed by atoms with Gasteiger partial charge in [-0.25, -0.2) is 0 Å². The van der Waals surface area contributed by atoms with Crippen molar-refractivity contribution >= 4 is 11.6 Å². The summed E-state index contributed by atoms with van der Waals surface area (Å²) >= 11 is 0. The summed E-state index contributed by atoms with van der Waals surface area (Å²) in [5.74, 6) is 0.603. The summed E-state index contributed by atoms with van der Waals surface area (Å²) in [4.78, 5) is 18.7. The van der Waals surface area contributed by atoms with Crippen LogP contribution in [0.25, 0.3) is 0 Å². The average Bonchev–Trinajstić information content (AvgIpc) is 2.56. The van der Waals surface area contributed by atoms with Crippen LogP contribution in [0.2, 0.25) is 0 Å². The zero-order valence-electron chi connectivity index (χ0n) is 13.7. The van der Waals surface area contributed by atoms with Gasteiger partial charge in [-0.1, -0.05) is 25.1 Å². The van der Waals surface area contributed by atoms with Crippen LogP contribution in [0.15, 0.2) is 48.7 Å². The predicted molar refractivity (Wildman–Crippen MR) is 91.4 cm³/mol. The van der Waals surface area contributed by atoms with Gasteiger partial charge in [-0.2, -0.15) is 0 Å². The number of hydrogen-bond donors (Lipinski definition) is 1. The molecule has 5 heteroatoms. The molecule has 1 amide bonds. The Morgan fingerprint density at radius 2 is 2.00 bits per heavy atom. The van der Waals surface area contributed by atoms with Crippen molar-refractivity contribution in [3.05, 3.63) is 54.4 Å². The zero-order valence-corrected chi connectivity index (χ0v) is 13.7. The topological polar surface area (TPSA) is 54.5 Å². The smallest absolute Gasteiger partial charge is 0.238 e. The fraction of sp³-hybridized carbons (Fsp3) is 0.333. The van der Waals surface area contributed by atoms with E-state index < -0.39 is 0 Å². The molecule has 0 fully saturated rings. The second kappa shape index (κ2) is 8.90. The summed E-state index contributed by atoms with van der Waals surface area (Å²) in [6.07, 6.45) is 2.75. The van der Waals surface area contributed by atoms with E-state index >= 15 is 0 Å². The molecule has 1 N–H and O–H groups in total. The molecule has 0 saturated heterocycles. The third-order valence-corrected chi connectivity index (χ3v) is 3.40. The Morgan fingerprint density at radius 1 is 1.22 bits per heavy atom. The normalized spacial score (nSPS) is 10.6. The quantitative estimate of drug-likeness (QED) is 0.814. The Kier molecular flexibility index (Phi) is 6.56. The minimum atomic E-state index is -0.0566. The molecule has 1 aromatic heterocycles. The molecule has 23 heavy (non-hydrogen) atoms. The van der Waals surface area contributed by atoms with E-state index in [4.69, 9.17) is 4.74 Å². The van der Waals surface area contributed by atoms with E-state index in [-0.39, 0.29) is 5.91 Å². The molecule has 2 rings (SSSR count). The number of para-hydroxylation sites is 2. The number of ether oxygens (including phenoxy) is 1. The van der Waals surface area contributed by atoms with Gasteiger partial charge in [0, 0.05) is 12.7 Å². The number of hydrogen-bond acceptors (Lipinski definition) is 4. The fourth-order valence-corrected chi connectivity index (χ4v) is 2.39. The Labute approximate surface area is 137 Å². The molecule has 0 aliphatic rings. The van der Waals surface area contributed by atoms with Crippen molar-refractivity contribution in [3.63, 3.8) is 0 Å². The molecule has 122 valence electrons. The van der Waals surface area contributed by atoms with E-state index in [0.717, 1.165) is 18.7 Å². The standard InChI is InChI=1S/C18H23N3O2/c1-3-12-21(13-15-8-6-7-11-19-15)14-18(22)20-16-9-4-5-10-17(16)23-2/h4-11H,3,12-14H2,1-2H3,(H,20,22). The van der Waals surface area contributed by atoms with E-state index in [1.54, 1.807) is 13.3 Å². The highest BCUT2D eigenvalue weighted by Crippen LogP contribution is 2.22. The predicted octanol–water partition coefficient (Wildman–Crippen LogP) is 2.94. The molecule has 2 aromatic rings. The molecule has 1 aromatic carbocycles. The third kappa shape index (κ3) is 5.38. The highest BCUT2D eigenvalue weighted by atomic mass is 16.5. The first-order valence-corrected chi connectivity index (χ1v) is 7.78. The third-order valence-electron chi connectivity index (χ3n) is 3.40. The van der Waals surface area contributed by atoms with Crippen molar-refractivity contribution in [2.45, 2.75) is 19.9 Å². The van der Waals surface area contributed by atoms with Gasteiger partial charge >= 0.3 is 0 Å². The van der Waals surface area contributed by atoms with Crippen LogP contribution in [0.3, 0.4) is 0 Å². The molecule has 0 unspecified atom stereocenters. The van der Waals surface area contributed by atoms with Crippen molar-refractivity contribution in [2.75, 3.05) is 25.5 Å². The molecule has 0 aliphatic heterocycles. The number of amides is 1. The van der Waals surface area contributed by atoms with Crippen LogP contribution in [-0.4, -0.2) is 36.0 Å². The van der Waals surface area contributed by atoms with Crippen LogP contribution in [0, 0.1) is 0 Å².